The summed E-state index contributed by atoms with van der Waals surface area (Å²) >= 11 is 6.15. The van der Waals surface area contributed by atoms with Gasteiger partial charge in [0.2, 0.25) is 0 Å². The zero-order chi connectivity index (χ0) is 25.9. The molecule has 3 heterocycles. The van der Waals surface area contributed by atoms with E-state index in [1.807, 2.05) is 38.1 Å². The minimum Gasteiger partial charge on any atom is -0.507 e. The Bertz CT molecular complexity index is 1050. The first-order valence-electron chi connectivity index (χ1n) is 13.7. The third kappa shape index (κ3) is 7.58. The van der Waals surface area contributed by atoms with Crippen LogP contribution < -0.4 is 5.32 Å². The number of halogens is 1. The van der Waals surface area contributed by atoms with Crippen molar-refractivity contribution >= 4 is 33.9 Å². The first-order chi connectivity index (χ1) is 17.6. The second-order valence-corrected chi connectivity index (χ2v) is 9.90. The van der Waals surface area contributed by atoms with Crippen LogP contribution in [0.25, 0.3) is 10.9 Å². The molecule has 3 aromatic rings. The molecule has 0 radical (unpaired) electrons. The van der Waals surface area contributed by atoms with Crippen LogP contribution in [-0.2, 0) is 13.1 Å². The number of anilines is 2. The van der Waals surface area contributed by atoms with E-state index >= 15 is 0 Å². The lowest BCUT2D eigenvalue weighted by atomic mass is 10.1. The molecule has 2 fully saturated rings. The van der Waals surface area contributed by atoms with E-state index in [2.05, 4.69) is 46.1 Å². The summed E-state index contributed by atoms with van der Waals surface area (Å²) in [5, 5.41) is 16.4. The maximum absolute atomic E-state index is 11.1. The smallest absolute Gasteiger partial charge is 0.124 e. The van der Waals surface area contributed by atoms with Crippen LogP contribution in [0.2, 0.25) is 5.02 Å². The Balaban J connectivity index is 0.000000674. The minimum absolute atomic E-state index is 0.454. The molecule has 196 valence electrons. The molecule has 2 aliphatic heterocycles. The molecule has 2 N–H and O–H groups in total. The van der Waals surface area contributed by atoms with Crippen LogP contribution in [0.1, 0.15) is 70.9 Å². The number of aromatic nitrogens is 1. The van der Waals surface area contributed by atoms with Crippen LogP contribution in [0, 0.1) is 0 Å². The molecular formula is C30H43ClN4O. The van der Waals surface area contributed by atoms with E-state index in [0.717, 1.165) is 72.7 Å². The van der Waals surface area contributed by atoms with Crippen molar-refractivity contribution in [3.8, 4) is 5.75 Å². The van der Waals surface area contributed by atoms with Gasteiger partial charge < -0.3 is 10.4 Å². The number of benzene rings is 2. The molecule has 0 spiro atoms. The molecule has 2 aliphatic rings. The molecule has 2 aromatic carbocycles. The lowest BCUT2D eigenvalue weighted by molar-refractivity contribution is 0.312. The quantitative estimate of drug-likeness (QED) is 0.329. The van der Waals surface area contributed by atoms with Gasteiger partial charge in [0.1, 0.15) is 5.75 Å². The standard InChI is InChI=1S/C25H29ClN4O.C3H8.C2H6/c26-20-5-6-22-23(7-8-27-24(22)15-20)28-21-13-18(16-29-9-1-2-10-29)25(31)19(14-21)17-30-11-3-4-12-30;1-3-2;1-2/h5-8,13-15,31H,1-4,9-12,16-17H2,(H,27,28);3H2,1-2H3;1-2H3. The summed E-state index contributed by atoms with van der Waals surface area (Å²) in [6, 6.07) is 12.0. The van der Waals surface area contributed by atoms with Crippen molar-refractivity contribution in [2.24, 2.45) is 0 Å². The van der Waals surface area contributed by atoms with Crippen molar-refractivity contribution in [2.45, 2.75) is 72.9 Å². The third-order valence-corrected chi connectivity index (χ3v) is 6.67. The topological polar surface area (TPSA) is 51.6 Å². The van der Waals surface area contributed by atoms with E-state index in [1.54, 1.807) is 6.20 Å². The number of nitrogens with zero attached hydrogens (tertiary/aromatic N) is 3. The number of likely N-dealkylation sites (tertiary alicyclic amines) is 2. The van der Waals surface area contributed by atoms with Gasteiger partial charge in [-0.05, 0) is 88.3 Å². The van der Waals surface area contributed by atoms with Crippen LogP contribution in [-0.4, -0.2) is 46.1 Å². The molecular weight excluding hydrogens is 468 g/mol. The number of aromatic hydroxyl groups is 1. The Labute approximate surface area is 222 Å². The predicted octanol–water partition coefficient (Wildman–Crippen LogP) is 7.97. The maximum atomic E-state index is 11.1. The number of phenolic OH excluding ortho intramolecular Hbond substituents is 1. The first kappa shape index (κ1) is 28.2. The molecule has 0 unspecified atom stereocenters. The average molecular weight is 511 g/mol. The Morgan fingerprint density at radius 2 is 1.39 bits per heavy atom. The molecule has 6 heteroatoms. The van der Waals surface area contributed by atoms with E-state index < -0.39 is 0 Å². The van der Waals surface area contributed by atoms with Gasteiger partial charge in [-0.2, -0.15) is 0 Å². The SMILES string of the molecule is CC.CCC.Oc1c(CN2CCCC2)cc(Nc2ccnc3cc(Cl)ccc23)cc1CN1CCCC1. The average Bonchev–Trinajstić information content (AvgIpc) is 3.58. The van der Waals surface area contributed by atoms with Crippen molar-refractivity contribution in [2.75, 3.05) is 31.5 Å². The maximum Gasteiger partial charge on any atom is 0.124 e. The Morgan fingerprint density at radius 1 is 0.861 bits per heavy atom. The van der Waals surface area contributed by atoms with Crippen LogP contribution in [0.5, 0.6) is 5.75 Å². The fourth-order valence-electron chi connectivity index (χ4n) is 4.82. The Hall–Kier alpha value is -2.34. The van der Waals surface area contributed by atoms with E-state index in [0.29, 0.717) is 10.8 Å². The number of pyridine rings is 1. The van der Waals surface area contributed by atoms with E-state index in [-0.39, 0.29) is 0 Å². The molecule has 1 aromatic heterocycles. The summed E-state index contributed by atoms with van der Waals surface area (Å²) in [4.78, 5) is 9.32. The third-order valence-electron chi connectivity index (χ3n) is 6.44. The van der Waals surface area contributed by atoms with Crippen LogP contribution in [0.4, 0.5) is 11.4 Å². The molecule has 5 nitrogen and oxygen atoms in total. The molecule has 0 saturated carbocycles. The fraction of sp³-hybridized carbons (Fsp3) is 0.500. The number of rotatable bonds is 6. The normalized spacial score (nSPS) is 15.8. The van der Waals surface area contributed by atoms with Crippen molar-refractivity contribution in [1.82, 2.24) is 14.8 Å². The van der Waals surface area contributed by atoms with Gasteiger partial charge in [0.15, 0.2) is 0 Å². The van der Waals surface area contributed by atoms with Gasteiger partial charge in [-0.15, -0.1) is 0 Å². The van der Waals surface area contributed by atoms with E-state index in [1.165, 1.54) is 32.1 Å². The van der Waals surface area contributed by atoms with Gasteiger partial charge >= 0.3 is 0 Å². The summed E-state index contributed by atoms with van der Waals surface area (Å²) in [5.74, 6) is 0.454. The van der Waals surface area contributed by atoms with Gasteiger partial charge in [0, 0.05) is 52.2 Å². The number of nitrogens with one attached hydrogen (secondary N) is 1. The highest BCUT2D eigenvalue weighted by Crippen LogP contribution is 2.34. The van der Waals surface area contributed by atoms with Gasteiger partial charge in [-0.3, -0.25) is 14.8 Å². The van der Waals surface area contributed by atoms with E-state index in [4.69, 9.17) is 11.6 Å². The summed E-state index contributed by atoms with van der Waals surface area (Å²) in [7, 11) is 0. The Morgan fingerprint density at radius 3 is 1.92 bits per heavy atom. The van der Waals surface area contributed by atoms with Crippen molar-refractivity contribution < 1.29 is 5.11 Å². The fourth-order valence-corrected chi connectivity index (χ4v) is 4.99. The molecule has 36 heavy (non-hydrogen) atoms. The number of hydrogen-bond acceptors (Lipinski definition) is 5. The van der Waals surface area contributed by atoms with Crippen molar-refractivity contribution in [3.63, 3.8) is 0 Å². The van der Waals surface area contributed by atoms with Crippen molar-refractivity contribution in [3.05, 3.63) is 58.7 Å². The zero-order valence-corrected chi connectivity index (χ0v) is 23.2. The van der Waals surface area contributed by atoms with Gasteiger partial charge in [0.25, 0.3) is 0 Å². The predicted molar refractivity (Wildman–Crippen MR) is 154 cm³/mol. The number of hydrogen-bond donors (Lipinski definition) is 2. The molecule has 0 amide bonds. The van der Waals surface area contributed by atoms with Crippen LogP contribution in [0.15, 0.2) is 42.6 Å². The number of fused-ring (bicyclic) bond motifs is 1. The highest BCUT2D eigenvalue weighted by molar-refractivity contribution is 6.31. The summed E-state index contributed by atoms with van der Waals surface area (Å²) < 4.78 is 0. The molecule has 0 atom stereocenters. The minimum atomic E-state index is 0.454. The Kier molecular flexibility index (Phi) is 11.3. The molecule has 5 rings (SSSR count). The lowest BCUT2D eigenvalue weighted by Gasteiger charge is -2.22. The van der Waals surface area contributed by atoms with Gasteiger partial charge in [-0.25, -0.2) is 0 Å². The van der Waals surface area contributed by atoms with Crippen LogP contribution in [0.3, 0.4) is 0 Å². The molecule has 0 bridgehead atoms. The summed E-state index contributed by atoms with van der Waals surface area (Å²) in [5.41, 5.74) is 4.87. The first-order valence-corrected chi connectivity index (χ1v) is 14.1. The van der Waals surface area contributed by atoms with Gasteiger partial charge in [0.05, 0.1) is 5.52 Å². The second-order valence-electron chi connectivity index (χ2n) is 9.46. The number of phenols is 1. The highest BCUT2D eigenvalue weighted by Gasteiger charge is 2.19. The van der Waals surface area contributed by atoms with E-state index in [9.17, 15) is 5.11 Å². The second kappa shape index (κ2) is 14.4. The summed E-state index contributed by atoms with van der Waals surface area (Å²) in [6.07, 6.45) is 8.02. The largest absolute Gasteiger partial charge is 0.507 e. The monoisotopic (exact) mass is 510 g/mol. The van der Waals surface area contributed by atoms with Crippen LogP contribution >= 0.6 is 11.6 Å². The van der Waals surface area contributed by atoms with Gasteiger partial charge in [-0.1, -0.05) is 45.7 Å². The summed E-state index contributed by atoms with van der Waals surface area (Å²) in [6.45, 7) is 14.3. The zero-order valence-electron chi connectivity index (χ0n) is 22.5. The van der Waals surface area contributed by atoms with Crippen molar-refractivity contribution in [1.29, 1.82) is 0 Å². The lowest BCUT2D eigenvalue weighted by Crippen LogP contribution is -2.20. The molecule has 0 aliphatic carbocycles. The highest BCUT2D eigenvalue weighted by atomic mass is 35.5. The molecule has 2 saturated heterocycles.